The number of rotatable bonds is 5. The molecule has 1 aliphatic heterocycles. The van der Waals surface area contributed by atoms with Crippen molar-refractivity contribution in [2.24, 2.45) is 0 Å². The van der Waals surface area contributed by atoms with Crippen LogP contribution in [-0.2, 0) is 4.74 Å². The van der Waals surface area contributed by atoms with Crippen LogP contribution < -0.4 is 15.4 Å². The van der Waals surface area contributed by atoms with Crippen molar-refractivity contribution in [3.05, 3.63) is 58.6 Å². The Morgan fingerprint density at radius 3 is 2.77 bits per heavy atom. The van der Waals surface area contributed by atoms with E-state index < -0.39 is 0 Å². The lowest BCUT2D eigenvalue weighted by Crippen LogP contribution is -2.34. The molecule has 0 aliphatic carbocycles. The summed E-state index contributed by atoms with van der Waals surface area (Å²) < 4.78 is 12.1. The molecule has 26 heavy (non-hydrogen) atoms. The average Bonchev–Trinajstić information content (AvgIpc) is 3.14. The van der Waals surface area contributed by atoms with E-state index in [2.05, 4.69) is 26.6 Å². The van der Waals surface area contributed by atoms with Crippen molar-refractivity contribution in [1.29, 1.82) is 0 Å². The number of amides is 1. The van der Waals surface area contributed by atoms with Crippen LogP contribution in [0, 0.1) is 0 Å². The Kier molecular flexibility index (Phi) is 6.60. The fourth-order valence-corrected chi connectivity index (χ4v) is 3.29. The van der Waals surface area contributed by atoms with Crippen molar-refractivity contribution >= 4 is 44.9 Å². The van der Waals surface area contributed by atoms with Crippen molar-refractivity contribution < 1.29 is 14.3 Å². The van der Waals surface area contributed by atoms with Crippen molar-refractivity contribution in [2.75, 3.05) is 18.5 Å². The van der Waals surface area contributed by atoms with Gasteiger partial charge >= 0.3 is 0 Å². The quantitative estimate of drug-likeness (QED) is 0.692. The van der Waals surface area contributed by atoms with Crippen molar-refractivity contribution in [2.45, 2.75) is 18.9 Å². The van der Waals surface area contributed by atoms with Crippen LogP contribution >= 0.6 is 28.1 Å². The fraction of sp³-hybridized carbons (Fsp3) is 0.263. The van der Waals surface area contributed by atoms with Gasteiger partial charge in [0.15, 0.2) is 5.11 Å². The number of nitrogens with one attached hydrogen (secondary N) is 2. The van der Waals surface area contributed by atoms with Crippen LogP contribution in [0.5, 0.6) is 5.75 Å². The van der Waals surface area contributed by atoms with Crippen LogP contribution in [0.4, 0.5) is 5.69 Å². The first-order valence-corrected chi connectivity index (χ1v) is 9.54. The average molecular weight is 435 g/mol. The molecule has 1 amide bonds. The molecule has 1 heterocycles. The summed E-state index contributed by atoms with van der Waals surface area (Å²) in [5, 5.41) is 5.91. The second-order valence-corrected chi connectivity index (χ2v) is 7.09. The maximum Gasteiger partial charge on any atom is 0.258 e. The summed E-state index contributed by atoms with van der Waals surface area (Å²) in [4.78, 5) is 12.3. The molecule has 1 atom stereocenters. The Hall–Kier alpha value is -1.96. The third-order valence-corrected chi connectivity index (χ3v) is 4.83. The van der Waals surface area contributed by atoms with Crippen LogP contribution in [-0.4, -0.2) is 30.3 Å². The van der Waals surface area contributed by atoms with E-state index in [1.165, 1.54) is 0 Å². The first kappa shape index (κ1) is 18.8. The van der Waals surface area contributed by atoms with E-state index in [1.807, 2.05) is 30.3 Å². The van der Waals surface area contributed by atoms with Crippen LogP contribution in [0.2, 0.25) is 0 Å². The molecule has 5 nitrogen and oxygen atoms in total. The monoisotopic (exact) mass is 434 g/mol. The molecule has 1 aliphatic rings. The third-order valence-electron chi connectivity index (χ3n) is 3.93. The van der Waals surface area contributed by atoms with Gasteiger partial charge in [0.2, 0.25) is 0 Å². The Morgan fingerprint density at radius 2 is 2.00 bits per heavy atom. The molecule has 1 fully saturated rings. The number of ether oxygens (including phenoxy) is 2. The zero-order valence-corrected chi connectivity index (χ0v) is 16.4. The molecule has 1 unspecified atom stereocenters. The maximum absolute atomic E-state index is 12.3. The van der Waals surface area contributed by atoms with Gasteiger partial charge in [0, 0.05) is 11.1 Å². The number of hydrogen-bond donors (Lipinski definition) is 2. The Morgan fingerprint density at radius 1 is 1.23 bits per heavy atom. The Balaban J connectivity index is 1.60. The molecule has 136 valence electrons. The first-order valence-electron chi connectivity index (χ1n) is 8.34. The van der Waals surface area contributed by atoms with E-state index in [0.717, 1.165) is 19.4 Å². The molecule has 1 saturated heterocycles. The lowest BCUT2D eigenvalue weighted by atomic mass is 10.2. The van der Waals surface area contributed by atoms with E-state index in [9.17, 15) is 4.79 Å². The normalized spacial score (nSPS) is 16.1. The molecule has 2 N–H and O–H groups in total. The maximum atomic E-state index is 12.3. The standard InChI is InChI=1S/C19H19BrN2O3S/c20-15-8-2-1-7-14(15)18(23)22-19(26)21-16-9-3-4-10-17(16)25-12-13-6-5-11-24-13/h1-4,7-10,13H,5-6,11-12H2,(H2,21,22,23,26). The lowest BCUT2D eigenvalue weighted by Gasteiger charge is -2.16. The molecule has 0 saturated carbocycles. The number of benzene rings is 2. The Labute approximate surface area is 166 Å². The minimum Gasteiger partial charge on any atom is -0.489 e. The van der Waals surface area contributed by atoms with E-state index >= 15 is 0 Å². The topological polar surface area (TPSA) is 59.6 Å². The molecular weight excluding hydrogens is 416 g/mol. The number of thiocarbonyl (C=S) groups is 1. The van der Waals surface area contributed by atoms with Crippen LogP contribution in [0.3, 0.4) is 0 Å². The van der Waals surface area contributed by atoms with Gasteiger partial charge in [-0.25, -0.2) is 0 Å². The highest BCUT2D eigenvalue weighted by Gasteiger charge is 2.17. The van der Waals surface area contributed by atoms with Gasteiger partial charge in [-0.1, -0.05) is 24.3 Å². The molecule has 7 heteroatoms. The van der Waals surface area contributed by atoms with Crippen molar-refractivity contribution in [1.82, 2.24) is 5.32 Å². The van der Waals surface area contributed by atoms with Gasteiger partial charge in [0.25, 0.3) is 5.91 Å². The second-order valence-electron chi connectivity index (χ2n) is 5.83. The summed E-state index contributed by atoms with van der Waals surface area (Å²) in [6, 6.07) is 14.6. The van der Waals surface area contributed by atoms with Gasteiger partial charge in [0.1, 0.15) is 12.4 Å². The largest absolute Gasteiger partial charge is 0.489 e. The van der Waals surface area contributed by atoms with Gasteiger partial charge in [-0.05, 0) is 65.3 Å². The number of hydrogen-bond acceptors (Lipinski definition) is 4. The van der Waals surface area contributed by atoms with Gasteiger partial charge in [-0.2, -0.15) is 0 Å². The van der Waals surface area contributed by atoms with Crippen LogP contribution in [0.25, 0.3) is 0 Å². The van der Waals surface area contributed by atoms with Gasteiger partial charge in [-0.3, -0.25) is 10.1 Å². The molecule has 3 rings (SSSR count). The van der Waals surface area contributed by atoms with Crippen molar-refractivity contribution in [3.63, 3.8) is 0 Å². The molecule has 0 aromatic heterocycles. The predicted octanol–water partition coefficient (Wildman–Crippen LogP) is 4.13. The zero-order chi connectivity index (χ0) is 18.4. The summed E-state index contributed by atoms with van der Waals surface area (Å²) in [6.45, 7) is 1.29. The Bertz CT molecular complexity index is 794. The smallest absolute Gasteiger partial charge is 0.258 e. The van der Waals surface area contributed by atoms with Gasteiger partial charge < -0.3 is 14.8 Å². The SMILES string of the molecule is O=C(NC(=S)Nc1ccccc1OCC1CCCO1)c1ccccc1Br. The highest BCUT2D eigenvalue weighted by atomic mass is 79.9. The van der Waals surface area contributed by atoms with Gasteiger partial charge in [-0.15, -0.1) is 0 Å². The van der Waals surface area contributed by atoms with Crippen molar-refractivity contribution in [3.8, 4) is 5.75 Å². The number of anilines is 1. The van der Waals surface area contributed by atoms with E-state index in [0.29, 0.717) is 28.1 Å². The van der Waals surface area contributed by atoms with Gasteiger partial charge in [0.05, 0.1) is 17.4 Å². The van der Waals surface area contributed by atoms with E-state index in [-0.39, 0.29) is 17.1 Å². The fourth-order valence-electron chi connectivity index (χ4n) is 2.62. The number of halogens is 1. The van der Waals surface area contributed by atoms with Crippen LogP contribution in [0.15, 0.2) is 53.0 Å². The number of carbonyl (C=O) groups excluding carboxylic acids is 1. The molecular formula is C19H19BrN2O3S. The van der Waals surface area contributed by atoms with Crippen LogP contribution in [0.1, 0.15) is 23.2 Å². The second kappa shape index (κ2) is 9.12. The summed E-state index contributed by atoms with van der Waals surface area (Å²) in [5.74, 6) is 0.383. The summed E-state index contributed by atoms with van der Waals surface area (Å²) >= 11 is 8.63. The number of para-hydroxylation sites is 2. The highest BCUT2D eigenvalue weighted by molar-refractivity contribution is 9.10. The highest BCUT2D eigenvalue weighted by Crippen LogP contribution is 2.25. The summed E-state index contributed by atoms with van der Waals surface area (Å²) in [7, 11) is 0. The molecule has 2 aromatic rings. The minimum absolute atomic E-state index is 0.130. The summed E-state index contributed by atoms with van der Waals surface area (Å²) in [6.07, 6.45) is 2.21. The minimum atomic E-state index is -0.285. The zero-order valence-electron chi connectivity index (χ0n) is 14.0. The summed E-state index contributed by atoms with van der Waals surface area (Å²) in [5.41, 5.74) is 1.21. The molecule has 0 radical (unpaired) electrons. The van der Waals surface area contributed by atoms with E-state index in [4.69, 9.17) is 21.7 Å². The van der Waals surface area contributed by atoms with E-state index in [1.54, 1.807) is 18.2 Å². The first-order chi connectivity index (χ1) is 12.6. The third kappa shape index (κ3) is 5.03. The number of carbonyl (C=O) groups is 1. The molecule has 0 bridgehead atoms. The molecule has 0 spiro atoms. The lowest BCUT2D eigenvalue weighted by molar-refractivity contribution is 0.0682. The molecule has 2 aromatic carbocycles. The predicted molar refractivity (Wildman–Crippen MR) is 109 cm³/mol.